The average molecular weight is 385 g/mol. The molecule has 0 bridgehead atoms. The zero-order valence-corrected chi connectivity index (χ0v) is 15.4. The van der Waals surface area contributed by atoms with Crippen molar-refractivity contribution in [1.82, 2.24) is 0 Å². The molecule has 24 heavy (non-hydrogen) atoms. The normalized spacial score (nSPS) is 11.2. The SMILES string of the molecule is C.C.CC(C)OS(C)(=O)=O.Cc1ccc(S(=O)(=O)OC(C)C)cc1. The zero-order chi connectivity index (χ0) is 17.6. The first-order chi connectivity index (χ1) is 9.83. The van der Waals surface area contributed by atoms with Gasteiger partial charge in [0.05, 0.1) is 23.4 Å². The predicted octanol–water partition coefficient (Wildman–Crippen LogP) is 3.75. The number of rotatable bonds is 5. The van der Waals surface area contributed by atoms with Gasteiger partial charge in [0.15, 0.2) is 0 Å². The van der Waals surface area contributed by atoms with Crippen molar-refractivity contribution in [1.29, 1.82) is 0 Å². The monoisotopic (exact) mass is 384 g/mol. The van der Waals surface area contributed by atoms with Crippen molar-refractivity contribution in [3.05, 3.63) is 29.8 Å². The Hall–Kier alpha value is -0.960. The molecule has 0 aromatic heterocycles. The van der Waals surface area contributed by atoms with E-state index in [2.05, 4.69) is 4.18 Å². The van der Waals surface area contributed by atoms with Crippen molar-refractivity contribution < 1.29 is 25.2 Å². The third-order valence-electron chi connectivity index (χ3n) is 2.00. The summed E-state index contributed by atoms with van der Waals surface area (Å²) >= 11 is 0. The Morgan fingerprint density at radius 1 is 0.792 bits per heavy atom. The molecule has 0 N–H and O–H groups in total. The van der Waals surface area contributed by atoms with Crippen LogP contribution >= 0.6 is 0 Å². The molecule has 0 heterocycles. The van der Waals surface area contributed by atoms with Crippen molar-refractivity contribution in [3.63, 3.8) is 0 Å². The summed E-state index contributed by atoms with van der Waals surface area (Å²) in [5.74, 6) is 0. The summed E-state index contributed by atoms with van der Waals surface area (Å²) in [5, 5.41) is 0. The first kappa shape index (κ1) is 27.9. The van der Waals surface area contributed by atoms with Gasteiger partial charge in [-0.25, -0.2) is 0 Å². The van der Waals surface area contributed by atoms with Crippen molar-refractivity contribution in [2.45, 2.75) is 66.6 Å². The van der Waals surface area contributed by atoms with E-state index in [0.29, 0.717) is 0 Å². The van der Waals surface area contributed by atoms with Crippen LogP contribution in [0.3, 0.4) is 0 Å². The number of hydrogen-bond donors (Lipinski definition) is 0. The van der Waals surface area contributed by atoms with Gasteiger partial charge in [0.25, 0.3) is 20.2 Å². The first-order valence-electron chi connectivity index (χ1n) is 6.71. The summed E-state index contributed by atoms with van der Waals surface area (Å²) in [6.07, 6.45) is 0.457. The third kappa shape index (κ3) is 13.5. The molecule has 1 aromatic rings. The minimum Gasteiger partial charge on any atom is -0.268 e. The van der Waals surface area contributed by atoms with Gasteiger partial charge in [-0.1, -0.05) is 32.5 Å². The molecule has 0 atom stereocenters. The maximum atomic E-state index is 11.5. The molecular formula is C16H32O6S2. The van der Waals surface area contributed by atoms with Crippen LogP contribution in [0.5, 0.6) is 0 Å². The van der Waals surface area contributed by atoms with E-state index in [1.807, 2.05) is 6.92 Å². The minimum absolute atomic E-state index is 0. The summed E-state index contributed by atoms with van der Waals surface area (Å²) in [6.45, 7) is 8.61. The lowest BCUT2D eigenvalue weighted by atomic mass is 10.2. The van der Waals surface area contributed by atoms with Crippen LogP contribution in [0.25, 0.3) is 0 Å². The summed E-state index contributed by atoms with van der Waals surface area (Å²) in [4.78, 5) is 0.205. The van der Waals surface area contributed by atoms with E-state index in [4.69, 9.17) is 4.18 Å². The molecule has 144 valence electrons. The lowest BCUT2D eigenvalue weighted by molar-refractivity contribution is 0.248. The smallest absolute Gasteiger partial charge is 0.268 e. The first-order valence-corrected chi connectivity index (χ1v) is 9.94. The van der Waals surface area contributed by atoms with Gasteiger partial charge >= 0.3 is 0 Å². The van der Waals surface area contributed by atoms with Crippen LogP contribution in [0.15, 0.2) is 29.2 Å². The standard InChI is InChI=1S/C10H14O3S.C4H10O3S.2CH4/c1-8(2)13-14(11,12)10-6-4-9(3)5-7-10;1-4(2)7-8(3,5)6;;/h4-8H,1-3H3;4H,1-3H3;2*1H4. The van der Waals surface area contributed by atoms with Crippen molar-refractivity contribution in [3.8, 4) is 0 Å². The van der Waals surface area contributed by atoms with Crippen LogP contribution in [0.2, 0.25) is 0 Å². The van der Waals surface area contributed by atoms with E-state index in [0.717, 1.165) is 11.8 Å². The van der Waals surface area contributed by atoms with Gasteiger partial charge < -0.3 is 0 Å². The summed E-state index contributed by atoms with van der Waals surface area (Å²) in [6, 6.07) is 6.59. The van der Waals surface area contributed by atoms with E-state index in [1.165, 1.54) is 0 Å². The highest BCUT2D eigenvalue weighted by atomic mass is 32.2. The van der Waals surface area contributed by atoms with Gasteiger partial charge in [-0.2, -0.15) is 16.8 Å². The Bertz CT molecular complexity index is 644. The van der Waals surface area contributed by atoms with Crippen LogP contribution in [0.4, 0.5) is 0 Å². The Morgan fingerprint density at radius 2 is 1.17 bits per heavy atom. The molecule has 0 unspecified atom stereocenters. The van der Waals surface area contributed by atoms with Crippen LogP contribution in [-0.2, 0) is 28.6 Å². The highest BCUT2D eigenvalue weighted by Gasteiger charge is 2.16. The van der Waals surface area contributed by atoms with Gasteiger partial charge in [0.2, 0.25) is 0 Å². The summed E-state index contributed by atoms with van der Waals surface area (Å²) in [5.41, 5.74) is 1.02. The number of hydrogen-bond acceptors (Lipinski definition) is 6. The Kier molecular flexibility index (Phi) is 13.4. The molecule has 1 aromatic carbocycles. The molecule has 0 aliphatic carbocycles. The van der Waals surface area contributed by atoms with Crippen LogP contribution in [-0.4, -0.2) is 35.3 Å². The Labute approximate surface area is 148 Å². The van der Waals surface area contributed by atoms with Gasteiger partial charge in [-0.3, -0.25) is 8.37 Å². The largest absolute Gasteiger partial charge is 0.297 e. The number of benzene rings is 1. The van der Waals surface area contributed by atoms with E-state index in [9.17, 15) is 16.8 Å². The summed E-state index contributed by atoms with van der Waals surface area (Å²) < 4.78 is 52.7. The molecule has 0 fully saturated rings. The van der Waals surface area contributed by atoms with E-state index in [1.54, 1.807) is 52.0 Å². The van der Waals surface area contributed by atoms with Crippen LogP contribution in [0, 0.1) is 6.92 Å². The summed E-state index contributed by atoms with van der Waals surface area (Å²) in [7, 11) is -6.80. The Morgan fingerprint density at radius 3 is 1.42 bits per heavy atom. The fraction of sp³-hybridized carbons (Fsp3) is 0.625. The molecule has 1 rings (SSSR count). The molecule has 6 nitrogen and oxygen atoms in total. The van der Waals surface area contributed by atoms with Gasteiger partial charge in [0.1, 0.15) is 0 Å². The highest BCUT2D eigenvalue weighted by molar-refractivity contribution is 7.86. The predicted molar refractivity (Wildman–Crippen MR) is 99.1 cm³/mol. The van der Waals surface area contributed by atoms with Gasteiger partial charge in [0, 0.05) is 0 Å². The number of aryl methyl sites for hydroxylation is 1. The van der Waals surface area contributed by atoms with Gasteiger partial charge in [-0.15, -0.1) is 0 Å². The third-order valence-corrected chi connectivity index (χ3v) is 4.22. The fourth-order valence-electron chi connectivity index (χ4n) is 1.36. The lowest BCUT2D eigenvalue weighted by Crippen LogP contribution is -2.12. The van der Waals surface area contributed by atoms with Gasteiger partial charge in [-0.05, 0) is 46.8 Å². The van der Waals surface area contributed by atoms with Crippen molar-refractivity contribution >= 4 is 20.2 Å². The highest BCUT2D eigenvalue weighted by Crippen LogP contribution is 2.14. The Balaban J connectivity index is -0.000000386. The molecule has 0 aliphatic heterocycles. The van der Waals surface area contributed by atoms with E-state index in [-0.39, 0.29) is 32.0 Å². The quantitative estimate of drug-likeness (QED) is 0.719. The second kappa shape index (κ2) is 11.6. The zero-order valence-electron chi connectivity index (χ0n) is 13.7. The molecule has 0 saturated carbocycles. The molecule has 0 amide bonds. The van der Waals surface area contributed by atoms with E-state index >= 15 is 0 Å². The lowest BCUT2D eigenvalue weighted by Gasteiger charge is -2.08. The maximum absolute atomic E-state index is 11.5. The molecule has 8 heteroatoms. The second-order valence-electron chi connectivity index (χ2n) is 5.26. The van der Waals surface area contributed by atoms with Crippen molar-refractivity contribution in [2.75, 3.05) is 6.26 Å². The molecule has 0 radical (unpaired) electrons. The fourth-order valence-corrected chi connectivity index (χ4v) is 3.15. The molecular weight excluding hydrogens is 352 g/mol. The molecule has 0 aliphatic rings. The molecule has 0 spiro atoms. The van der Waals surface area contributed by atoms with Crippen molar-refractivity contribution in [2.24, 2.45) is 0 Å². The topological polar surface area (TPSA) is 86.7 Å². The van der Waals surface area contributed by atoms with Crippen LogP contribution < -0.4 is 0 Å². The molecule has 0 saturated heterocycles. The maximum Gasteiger partial charge on any atom is 0.297 e. The average Bonchev–Trinajstić information content (AvgIpc) is 2.24. The van der Waals surface area contributed by atoms with E-state index < -0.39 is 20.2 Å². The second-order valence-corrected chi connectivity index (χ2v) is 8.43. The minimum atomic E-state index is -3.58. The van der Waals surface area contributed by atoms with Crippen LogP contribution in [0.1, 0.15) is 48.1 Å².